The van der Waals surface area contributed by atoms with Gasteiger partial charge < -0.3 is 10.2 Å². The van der Waals surface area contributed by atoms with Crippen LogP contribution in [-0.2, 0) is 0 Å². The van der Waals surface area contributed by atoms with Crippen LogP contribution in [0.2, 0.25) is 0 Å². The van der Waals surface area contributed by atoms with E-state index in [9.17, 15) is 0 Å². The molecule has 4 unspecified atom stereocenters. The fourth-order valence-corrected chi connectivity index (χ4v) is 4.33. The van der Waals surface area contributed by atoms with Crippen molar-refractivity contribution in [2.45, 2.75) is 31.3 Å². The first kappa shape index (κ1) is 9.23. The second-order valence-corrected chi connectivity index (χ2v) is 5.55. The predicted molar refractivity (Wildman–Crippen MR) is 64.6 cm³/mol. The molecule has 3 heteroatoms. The summed E-state index contributed by atoms with van der Waals surface area (Å²) < 4.78 is 0. The normalized spacial score (nSPS) is 45.0. The molecule has 0 radical (unpaired) electrons. The molecule has 86 valence electrons. The number of aliphatic imine (C=N–C) groups is 1. The summed E-state index contributed by atoms with van der Waals surface area (Å²) in [5.74, 6) is 1.60. The van der Waals surface area contributed by atoms with Crippen molar-refractivity contribution in [2.24, 2.45) is 16.8 Å². The number of dihydropyridines is 1. The largest absolute Gasteiger partial charge is 0.368 e. The number of nitrogens with one attached hydrogen (secondary N) is 1. The lowest BCUT2D eigenvalue weighted by atomic mass is 9.76. The molecule has 4 aliphatic rings. The molecule has 2 saturated heterocycles. The zero-order valence-electron chi connectivity index (χ0n) is 9.60. The Morgan fingerprint density at radius 2 is 2.38 bits per heavy atom. The molecule has 3 nitrogen and oxygen atoms in total. The molecular weight excluding hydrogens is 198 g/mol. The van der Waals surface area contributed by atoms with Gasteiger partial charge in [0.2, 0.25) is 0 Å². The van der Waals surface area contributed by atoms with Gasteiger partial charge in [-0.3, -0.25) is 4.99 Å². The molecule has 4 rings (SSSR count). The van der Waals surface area contributed by atoms with Gasteiger partial charge in [-0.05, 0) is 24.8 Å². The third-order valence-corrected chi connectivity index (χ3v) is 4.90. The minimum Gasteiger partial charge on any atom is -0.368 e. The van der Waals surface area contributed by atoms with Crippen LogP contribution in [0.15, 0.2) is 16.8 Å². The molecule has 3 aliphatic heterocycles. The number of hydrogen-bond acceptors (Lipinski definition) is 3. The van der Waals surface area contributed by atoms with Crippen molar-refractivity contribution < 1.29 is 0 Å². The number of hydrogen-bond donors (Lipinski definition) is 1. The van der Waals surface area contributed by atoms with E-state index in [-0.39, 0.29) is 0 Å². The molecule has 0 aromatic carbocycles. The molecule has 1 N–H and O–H groups in total. The van der Waals surface area contributed by atoms with Crippen molar-refractivity contribution in [1.82, 2.24) is 10.2 Å². The Labute approximate surface area is 96.6 Å². The predicted octanol–water partition coefficient (Wildman–Crippen LogP) is 1.03. The molecule has 0 aromatic heterocycles. The number of rotatable bonds is 0. The van der Waals surface area contributed by atoms with Gasteiger partial charge in [0.15, 0.2) is 0 Å². The summed E-state index contributed by atoms with van der Waals surface area (Å²) in [5, 5.41) is 3.72. The molecule has 0 spiro atoms. The van der Waals surface area contributed by atoms with Crippen molar-refractivity contribution in [3.05, 3.63) is 11.8 Å². The molecule has 0 aromatic rings. The molecule has 3 fully saturated rings. The van der Waals surface area contributed by atoms with Crippen molar-refractivity contribution in [3.8, 4) is 0 Å². The molecule has 4 atom stereocenters. The Hall–Kier alpha value is -0.830. The van der Waals surface area contributed by atoms with Crippen LogP contribution in [0.5, 0.6) is 0 Å². The van der Waals surface area contributed by atoms with E-state index < -0.39 is 0 Å². The third-order valence-electron chi connectivity index (χ3n) is 4.90. The van der Waals surface area contributed by atoms with E-state index in [1.165, 1.54) is 25.8 Å². The van der Waals surface area contributed by atoms with Gasteiger partial charge in [0.25, 0.3) is 0 Å². The van der Waals surface area contributed by atoms with E-state index in [4.69, 9.17) is 0 Å². The Morgan fingerprint density at radius 3 is 3.38 bits per heavy atom. The lowest BCUT2D eigenvalue weighted by Gasteiger charge is -2.44. The zero-order chi connectivity index (χ0) is 10.5. The van der Waals surface area contributed by atoms with Gasteiger partial charge in [-0.2, -0.15) is 0 Å². The van der Waals surface area contributed by atoms with Crippen molar-refractivity contribution in [1.29, 1.82) is 0 Å². The molecule has 1 aliphatic carbocycles. The Balaban J connectivity index is 1.76. The Kier molecular flexibility index (Phi) is 1.92. The van der Waals surface area contributed by atoms with Crippen LogP contribution in [0.25, 0.3) is 0 Å². The standard InChI is InChI=1S/C13H19N3/c1-2-9-10-8-14-5-4-12(10)16-7-6-15-11(3-1)13(9)16/h4-5,9-11,13,15H,1-3,6-8H2. The summed E-state index contributed by atoms with van der Waals surface area (Å²) in [6.45, 7) is 3.40. The number of allylic oxidation sites excluding steroid dienone is 1. The van der Waals surface area contributed by atoms with Crippen molar-refractivity contribution in [3.63, 3.8) is 0 Å². The molecule has 1 saturated carbocycles. The van der Waals surface area contributed by atoms with Crippen LogP contribution in [0, 0.1) is 11.8 Å². The summed E-state index contributed by atoms with van der Waals surface area (Å²) in [5.41, 5.74) is 1.60. The van der Waals surface area contributed by atoms with E-state index in [0.717, 1.165) is 37.0 Å². The minimum atomic E-state index is 0.734. The fraction of sp³-hybridized carbons (Fsp3) is 0.769. The maximum Gasteiger partial charge on any atom is 0.0476 e. The van der Waals surface area contributed by atoms with Gasteiger partial charge in [-0.15, -0.1) is 0 Å². The third kappa shape index (κ3) is 1.10. The minimum absolute atomic E-state index is 0.734. The van der Waals surface area contributed by atoms with E-state index in [0.29, 0.717) is 0 Å². The maximum atomic E-state index is 4.48. The lowest BCUT2D eigenvalue weighted by molar-refractivity contribution is 0.113. The second kappa shape index (κ2) is 3.33. The highest BCUT2D eigenvalue weighted by atomic mass is 15.3. The summed E-state index contributed by atoms with van der Waals surface area (Å²) >= 11 is 0. The lowest BCUT2D eigenvalue weighted by Crippen LogP contribution is -2.58. The monoisotopic (exact) mass is 217 g/mol. The Bertz CT molecular complexity index is 358. The highest BCUT2D eigenvalue weighted by Gasteiger charge is 2.50. The highest BCUT2D eigenvalue weighted by molar-refractivity contribution is 5.73. The van der Waals surface area contributed by atoms with Gasteiger partial charge in [0.05, 0.1) is 0 Å². The van der Waals surface area contributed by atoms with Gasteiger partial charge in [-0.25, -0.2) is 0 Å². The summed E-state index contributed by atoms with van der Waals surface area (Å²) in [4.78, 5) is 7.17. The average Bonchev–Trinajstić information content (AvgIpc) is 2.68. The van der Waals surface area contributed by atoms with E-state index in [1.807, 2.05) is 6.21 Å². The van der Waals surface area contributed by atoms with Gasteiger partial charge in [0, 0.05) is 49.5 Å². The number of fused-ring (bicyclic) bond motifs is 3. The van der Waals surface area contributed by atoms with Crippen LogP contribution in [-0.4, -0.2) is 42.8 Å². The van der Waals surface area contributed by atoms with E-state index in [1.54, 1.807) is 5.70 Å². The van der Waals surface area contributed by atoms with Crippen molar-refractivity contribution in [2.75, 3.05) is 19.6 Å². The first-order chi connectivity index (χ1) is 7.95. The van der Waals surface area contributed by atoms with Crippen LogP contribution in [0.3, 0.4) is 0 Å². The quantitative estimate of drug-likeness (QED) is 0.656. The molecule has 16 heavy (non-hydrogen) atoms. The van der Waals surface area contributed by atoms with Crippen LogP contribution in [0.1, 0.15) is 19.3 Å². The number of piperazine rings is 1. The molecule has 0 amide bonds. The fourth-order valence-electron chi connectivity index (χ4n) is 4.33. The summed E-state index contributed by atoms with van der Waals surface area (Å²) in [6.07, 6.45) is 8.48. The van der Waals surface area contributed by atoms with Crippen molar-refractivity contribution >= 4 is 6.21 Å². The van der Waals surface area contributed by atoms with E-state index in [2.05, 4.69) is 21.3 Å². The average molecular weight is 217 g/mol. The zero-order valence-corrected chi connectivity index (χ0v) is 9.60. The molecular formula is C13H19N3. The first-order valence-electron chi connectivity index (χ1n) is 6.65. The highest BCUT2D eigenvalue weighted by Crippen LogP contribution is 2.47. The van der Waals surface area contributed by atoms with Gasteiger partial charge >= 0.3 is 0 Å². The van der Waals surface area contributed by atoms with E-state index >= 15 is 0 Å². The first-order valence-corrected chi connectivity index (χ1v) is 6.65. The SMILES string of the molecule is C1=NCC2C(=C1)N1CCNC3CCCC2C31. The Morgan fingerprint density at radius 1 is 1.38 bits per heavy atom. The van der Waals surface area contributed by atoms with Crippen LogP contribution >= 0.6 is 0 Å². The van der Waals surface area contributed by atoms with Crippen LogP contribution in [0.4, 0.5) is 0 Å². The number of nitrogens with zero attached hydrogens (tertiary/aromatic N) is 2. The summed E-state index contributed by atoms with van der Waals surface area (Å²) in [7, 11) is 0. The topological polar surface area (TPSA) is 27.6 Å². The smallest absolute Gasteiger partial charge is 0.0476 e. The molecule has 0 bridgehead atoms. The van der Waals surface area contributed by atoms with Gasteiger partial charge in [0.1, 0.15) is 0 Å². The second-order valence-electron chi connectivity index (χ2n) is 5.55. The summed E-state index contributed by atoms with van der Waals surface area (Å²) in [6, 6.07) is 1.53. The van der Waals surface area contributed by atoms with Gasteiger partial charge in [-0.1, -0.05) is 6.42 Å². The van der Waals surface area contributed by atoms with Crippen LogP contribution < -0.4 is 5.32 Å². The molecule has 3 heterocycles. The maximum absolute atomic E-state index is 4.48.